The smallest absolute Gasteiger partial charge is 0.229 e. The van der Waals surface area contributed by atoms with Gasteiger partial charge in [0.25, 0.3) is 0 Å². The highest BCUT2D eigenvalue weighted by Crippen LogP contribution is 2.28. The third-order valence-corrected chi connectivity index (χ3v) is 3.61. The van der Waals surface area contributed by atoms with E-state index in [1.807, 2.05) is 13.1 Å². The van der Waals surface area contributed by atoms with Crippen LogP contribution in [0.15, 0.2) is 10.7 Å². The van der Waals surface area contributed by atoms with E-state index in [1.165, 1.54) is 11.1 Å². The minimum atomic E-state index is -0.864. The molecule has 0 atom stereocenters. The van der Waals surface area contributed by atoms with Gasteiger partial charge in [-0.3, -0.25) is 4.98 Å². The van der Waals surface area contributed by atoms with Crippen molar-refractivity contribution in [1.29, 1.82) is 0 Å². The number of hydrogen-bond acceptors (Lipinski definition) is 6. The number of rotatable bonds is 3. The van der Waals surface area contributed by atoms with Crippen molar-refractivity contribution in [2.24, 2.45) is 0 Å². The fourth-order valence-electron chi connectivity index (χ4n) is 2.67. The lowest BCUT2D eigenvalue weighted by Crippen LogP contribution is -2.25. The highest BCUT2D eigenvalue weighted by atomic mass is 35.5. The Kier molecular flexibility index (Phi) is 4.84. The number of hydrogen-bond donors (Lipinski definition) is 2. The van der Waals surface area contributed by atoms with E-state index < -0.39 is 5.60 Å². The molecule has 22 heavy (non-hydrogen) atoms. The average molecular weight is 325 g/mol. The number of fused-ring (bicyclic) bond motifs is 1. The van der Waals surface area contributed by atoms with Crippen molar-refractivity contribution in [1.82, 2.24) is 20.4 Å². The van der Waals surface area contributed by atoms with Crippen molar-refractivity contribution in [2.45, 2.75) is 45.8 Å². The molecule has 2 N–H and O–H groups in total. The molecule has 0 fully saturated rings. The van der Waals surface area contributed by atoms with Crippen LogP contribution in [0.5, 0.6) is 0 Å². The maximum atomic E-state index is 9.85. The summed E-state index contributed by atoms with van der Waals surface area (Å²) in [6.45, 7) is 7.17. The van der Waals surface area contributed by atoms with E-state index in [0.29, 0.717) is 18.1 Å². The van der Waals surface area contributed by atoms with Crippen LogP contribution >= 0.6 is 12.4 Å². The first-order valence-electron chi connectivity index (χ1n) is 7.17. The lowest BCUT2D eigenvalue weighted by atomic mass is 9.95. The normalized spacial score (nSPS) is 14.4. The molecule has 3 rings (SSSR count). The summed E-state index contributed by atoms with van der Waals surface area (Å²) >= 11 is 0. The minimum absolute atomic E-state index is 0. The summed E-state index contributed by atoms with van der Waals surface area (Å²) in [6.07, 6.45) is 3.19. The standard InChI is InChI=1S/C15H20N4O2.ClH/c1-9-13(11-4-5-16-7-10(11)8-17-9)14-18-12(21-19-14)6-15(2,3)20;/h8,16,20H,4-7H2,1-3H3;1H. The van der Waals surface area contributed by atoms with E-state index >= 15 is 0 Å². The van der Waals surface area contributed by atoms with E-state index in [1.54, 1.807) is 13.8 Å². The molecule has 0 aliphatic carbocycles. The lowest BCUT2D eigenvalue weighted by Gasteiger charge is -2.19. The molecule has 2 aromatic rings. The van der Waals surface area contributed by atoms with Gasteiger partial charge in [0, 0.05) is 24.0 Å². The highest BCUT2D eigenvalue weighted by Gasteiger charge is 2.23. The molecule has 0 unspecified atom stereocenters. The molecule has 0 spiro atoms. The van der Waals surface area contributed by atoms with E-state index in [2.05, 4.69) is 20.4 Å². The molecule has 0 bridgehead atoms. The molecule has 3 heterocycles. The summed E-state index contributed by atoms with van der Waals surface area (Å²) in [5.74, 6) is 1.02. The number of halogens is 1. The van der Waals surface area contributed by atoms with Crippen LogP contribution in [0.4, 0.5) is 0 Å². The van der Waals surface area contributed by atoms with Crippen molar-refractivity contribution in [3.05, 3.63) is 28.9 Å². The maximum absolute atomic E-state index is 9.85. The van der Waals surface area contributed by atoms with Gasteiger partial charge in [0.15, 0.2) is 0 Å². The first kappa shape index (κ1) is 16.9. The third-order valence-electron chi connectivity index (χ3n) is 3.61. The van der Waals surface area contributed by atoms with Crippen LogP contribution in [0.1, 0.15) is 36.6 Å². The van der Waals surface area contributed by atoms with E-state index in [4.69, 9.17) is 4.52 Å². The first-order valence-corrected chi connectivity index (χ1v) is 7.17. The van der Waals surface area contributed by atoms with Crippen molar-refractivity contribution in [3.8, 4) is 11.4 Å². The van der Waals surface area contributed by atoms with Crippen LogP contribution in [0, 0.1) is 6.92 Å². The Labute approximate surface area is 135 Å². The Bertz CT molecular complexity index is 664. The molecule has 7 heteroatoms. The maximum Gasteiger partial charge on any atom is 0.229 e. The highest BCUT2D eigenvalue weighted by molar-refractivity contribution is 5.85. The molecule has 0 aromatic carbocycles. The third kappa shape index (κ3) is 3.45. The van der Waals surface area contributed by atoms with Crippen LogP contribution in [0.2, 0.25) is 0 Å². The lowest BCUT2D eigenvalue weighted by molar-refractivity contribution is 0.0718. The van der Waals surface area contributed by atoms with Gasteiger partial charge in [0.2, 0.25) is 11.7 Å². The SMILES string of the molecule is Cc1ncc2c(c1-c1noc(CC(C)(C)O)n1)CCNC2.Cl. The Hall–Kier alpha value is -1.50. The van der Waals surface area contributed by atoms with Gasteiger partial charge in [-0.25, -0.2) is 0 Å². The number of nitrogens with zero attached hydrogens (tertiary/aromatic N) is 3. The monoisotopic (exact) mass is 324 g/mol. The van der Waals surface area contributed by atoms with Crippen LogP contribution in [0.25, 0.3) is 11.4 Å². The van der Waals surface area contributed by atoms with Crippen LogP contribution in [0.3, 0.4) is 0 Å². The number of aryl methyl sites for hydroxylation is 1. The van der Waals surface area contributed by atoms with E-state index in [-0.39, 0.29) is 12.4 Å². The first-order chi connectivity index (χ1) is 9.94. The quantitative estimate of drug-likeness (QED) is 0.896. The Balaban J connectivity index is 0.00000176. The fraction of sp³-hybridized carbons (Fsp3) is 0.533. The molecule has 120 valence electrons. The van der Waals surface area contributed by atoms with Gasteiger partial charge >= 0.3 is 0 Å². The molecule has 1 aliphatic rings. The van der Waals surface area contributed by atoms with E-state index in [9.17, 15) is 5.11 Å². The van der Waals surface area contributed by atoms with E-state index in [0.717, 1.165) is 30.8 Å². The predicted molar refractivity (Wildman–Crippen MR) is 84.9 cm³/mol. The fourth-order valence-corrected chi connectivity index (χ4v) is 2.67. The molecule has 0 radical (unpaired) electrons. The molecule has 0 saturated heterocycles. The second kappa shape index (κ2) is 6.32. The summed E-state index contributed by atoms with van der Waals surface area (Å²) in [7, 11) is 0. The molecule has 0 amide bonds. The summed E-state index contributed by atoms with van der Waals surface area (Å²) < 4.78 is 5.28. The van der Waals surface area contributed by atoms with Gasteiger partial charge < -0.3 is 14.9 Å². The van der Waals surface area contributed by atoms with Crippen molar-refractivity contribution in [2.75, 3.05) is 6.54 Å². The Morgan fingerprint density at radius 3 is 2.91 bits per heavy atom. The number of aliphatic hydroxyl groups is 1. The number of aromatic nitrogens is 3. The second-order valence-corrected chi connectivity index (χ2v) is 6.15. The Morgan fingerprint density at radius 2 is 2.18 bits per heavy atom. The molecule has 6 nitrogen and oxygen atoms in total. The van der Waals surface area contributed by atoms with Crippen LogP contribution < -0.4 is 5.32 Å². The molecule has 0 saturated carbocycles. The Morgan fingerprint density at radius 1 is 1.41 bits per heavy atom. The summed E-state index contributed by atoms with van der Waals surface area (Å²) in [6, 6.07) is 0. The van der Waals surface area contributed by atoms with Crippen LogP contribution in [-0.2, 0) is 19.4 Å². The zero-order chi connectivity index (χ0) is 15.0. The number of nitrogens with one attached hydrogen (secondary N) is 1. The van der Waals surface area contributed by atoms with Gasteiger partial charge in [0.1, 0.15) is 0 Å². The summed E-state index contributed by atoms with van der Waals surface area (Å²) in [5.41, 5.74) is 3.45. The summed E-state index contributed by atoms with van der Waals surface area (Å²) in [4.78, 5) is 8.88. The average Bonchev–Trinajstić information content (AvgIpc) is 2.84. The van der Waals surface area contributed by atoms with Gasteiger partial charge in [-0.05, 0) is 44.9 Å². The van der Waals surface area contributed by atoms with Crippen LogP contribution in [-0.4, -0.2) is 32.4 Å². The van der Waals surface area contributed by atoms with Gasteiger partial charge in [-0.15, -0.1) is 12.4 Å². The summed E-state index contributed by atoms with van der Waals surface area (Å²) in [5, 5.41) is 17.3. The molecule has 1 aliphatic heterocycles. The topological polar surface area (TPSA) is 84.1 Å². The molecular formula is C15H21ClN4O2. The van der Waals surface area contributed by atoms with Crippen molar-refractivity contribution >= 4 is 12.4 Å². The zero-order valence-corrected chi connectivity index (χ0v) is 13.8. The van der Waals surface area contributed by atoms with Gasteiger partial charge in [-0.1, -0.05) is 5.16 Å². The molecular weight excluding hydrogens is 304 g/mol. The largest absolute Gasteiger partial charge is 0.390 e. The number of pyridine rings is 1. The zero-order valence-electron chi connectivity index (χ0n) is 13.0. The second-order valence-electron chi connectivity index (χ2n) is 6.15. The molecule has 2 aromatic heterocycles. The minimum Gasteiger partial charge on any atom is -0.390 e. The van der Waals surface area contributed by atoms with Crippen molar-refractivity contribution in [3.63, 3.8) is 0 Å². The van der Waals surface area contributed by atoms with Gasteiger partial charge in [0.05, 0.1) is 12.0 Å². The van der Waals surface area contributed by atoms with Crippen molar-refractivity contribution < 1.29 is 9.63 Å². The predicted octanol–water partition coefficient (Wildman–Crippen LogP) is 1.82. The van der Waals surface area contributed by atoms with Gasteiger partial charge in [-0.2, -0.15) is 4.98 Å².